The van der Waals surface area contributed by atoms with Crippen LogP contribution in [0.1, 0.15) is 36.0 Å². The third-order valence-corrected chi connectivity index (χ3v) is 5.48. The Morgan fingerprint density at radius 1 is 1.15 bits per heavy atom. The molecule has 0 aliphatic carbocycles. The van der Waals surface area contributed by atoms with Crippen LogP contribution < -0.4 is 5.32 Å². The molecule has 3 heterocycles. The number of pyridine rings is 1. The van der Waals surface area contributed by atoms with Gasteiger partial charge in [0.2, 0.25) is 0 Å². The SMILES string of the molecule is O=C(NC1CCN(C2CCOCC2)CC1)c1cnc2ccc(F)cc2c1. The number of carbonyl (C=O) groups excluding carboxylic acids is 1. The number of rotatable bonds is 3. The fourth-order valence-electron chi connectivity index (χ4n) is 3.95. The van der Waals surface area contributed by atoms with Crippen LogP contribution in [0, 0.1) is 5.82 Å². The maximum Gasteiger partial charge on any atom is 0.253 e. The van der Waals surface area contributed by atoms with Crippen molar-refractivity contribution in [3.8, 4) is 0 Å². The van der Waals surface area contributed by atoms with Gasteiger partial charge >= 0.3 is 0 Å². The molecule has 0 saturated carbocycles. The van der Waals surface area contributed by atoms with Crippen molar-refractivity contribution in [2.75, 3.05) is 26.3 Å². The maximum absolute atomic E-state index is 13.4. The number of nitrogens with zero attached hydrogens (tertiary/aromatic N) is 2. The van der Waals surface area contributed by atoms with Gasteiger partial charge in [0.1, 0.15) is 5.82 Å². The lowest BCUT2D eigenvalue weighted by Gasteiger charge is -2.39. The Morgan fingerprint density at radius 3 is 2.69 bits per heavy atom. The molecule has 1 aromatic heterocycles. The number of halogens is 1. The molecule has 2 saturated heterocycles. The number of ether oxygens (including phenoxy) is 1. The molecule has 4 rings (SSSR count). The minimum atomic E-state index is -0.322. The van der Waals surface area contributed by atoms with E-state index >= 15 is 0 Å². The van der Waals surface area contributed by atoms with Gasteiger partial charge in [0.05, 0.1) is 11.1 Å². The second kappa shape index (κ2) is 7.68. The third kappa shape index (κ3) is 3.86. The molecular formula is C20H24FN3O2. The van der Waals surface area contributed by atoms with Crippen LogP contribution in [0.3, 0.4) is 0 Å². The van der Waals surface area contributed by atoms with Crippen molar-refractivity contribution >= 4 is 16.8 Å². The van der Waals surface area contributed by atoms with E-state index in [2.05, 4.69) is 15.2 Å². The van der Waals surface area contributed by atoms with Gasteiger partial charge in [-0.3, -0.25) is 9.78 Å². The van der Waals surface area contributed by atoms with Crippen LogP contribution in [0.25, 0.3) is 10.9 Å². The Bertz CT molecular complexity index is 784. The fraction of sp³-hybridized carbons (Fsp3) is 0.500. The molecular weight excluding hydrogens is 333 g/mol. The van der Waals surface area contributed by atoms with Gasteiger partial charge in [0, 0.05) is 50.0 Å². The lowest BCUT2D eigenvalue weighted by atomic mass is 9.99. The van der Waals surface area contributed by atoms with Crippen molar-refractivity contribution in [3.63, 3.8) is 0 Å². The fourth-order valence-corrected chi connectivity index (χ4v) is 3.95. The normalized spacial score (nSPS) is 20.3. The molecule has 2 fully saturated rings. The van der Waals surface area contributed by atoms with Gasteiger partial charge in [-0.1, -0.05) is 0 Å². The molecule has 0 atom stereocenters. The zero-order chi connectivity index (χ0) is 17.9. The Hall–Kier alpha value is -2.05. The summed E-state index contributed by atoms with van der Waals surface area (Å²) in [5.74, 6) is -0.453. The molecule has 1 amide bonds. The minimum Gasteiger partial charge on any atom is -0.381 e. The van der Waals surface area contributed by atoms with Crippen LogP contribution >= 0.6 is 0 Å². The number of hydrogen-bond acceptors (Lipinski definition) is 4. The lowest BCUT2D eigenvalue weighted by Crippen LogP contribution is -2.49. The van der Waals surface area contributed by atoms with E-state index in [1.807, 2.05) is 0 Å². The van der Waals surface area contributed by atoms with E-state index in [1.54, 1.807) is 18.3 Å². The number of nitrogens with one attached hydrogen (secondary N) is 1. The van der Waals surface area contributed by atoms with Crippen molar-refractivity contribution in [1.82, 2.24) is 15.2 Å². The molecule has 0 spiro atoms. The Balaban J connectivity index is 1.35. The van der Waals surface area contributed by atoms with Crippen LogP contribution in [-0.4, -0.2) is 54.2 Å². The molecule has 6 heteroatoms. The lowest BCUT2D eigenvalue weighted by molar-refractivity contribution is 0.0238. The van der Waals surface area contributed by atoms with Crippen molar-refractivity contribution < 1.29 is 13.9 Å². The molecule has 2 aromatic rings. The van der Waals surface area contributed by atoms with Crippen molar-refractivity contribution in [3.05, 3.63) is 41.8 Å². The number of benzene rings is 1. The summed E-state index contributed by atoms with van der Waals surface area (Å²) in [6.07, 6.45) is 5.69. The van der Waals surface area contributed by atoms with Crippen molar-refractivity contribution in [1.29, 1.82) is 0 Å². The van der Waals surface area contributed by atoms with E-state index in [1.165, 1.54) is 12.1 Å². The van der Waals surface area contributed by atoms with Gasteiger partial charge in [0.25, 0.3) is 5.91 Å². The second-order valence-corrected chi connectivity index (χ2v) is 7.19. The number of carbonyl (C=O) groups is 1. The quantitative estimate of drug-likeness (QED) is 0.918. The predicted molar refractivity (Wildman–Crippen MR) is 97.6 cm³/mol. The molecule has 138 valence electrons. The van der Waals surface area contributed by atoms with Crippen LogP contribution in [-0.2, 0) is 4.74 Å². The Morgan fingerprint density at radius 2 is 1.92 bits per heavy atom. The number of hydrogen-bond donors (Lipinski definition) is 1. The average molecular weight is 357 g/mol. The van der Waals surface area contributed by atoms with Crippen molar-refractivity contribution in [2.24, 2.45) is 0 Å². The van der Waals surface area contributed by atoms with E-state index < -0.39 is 0 Å². The number of aromatic nitrogens is 1. The first-order valence-corrected chi connectivity index (χ1v) is 9.37. The van der Waals surface area contributed by atoms with Gasteiger partial charge in [-0.05, 0) is 49.9 Å². The number of likely N-dealkylation sites (tertiary alicyclic amines) is 1. The maximum atomic E-state index is 13.4. The smallest absolute Gasteiger partial charge is 0.253 e. The second-order valence-electron chi connectivity index (χ2n) is 7.19. The minimum absolute atomic E-state index is 0.131. The highest BCUT2D eigenvalue weighted by molar-refractivity contribution is 5.97. The van der Waals surface area contributed by atoms with E-state index in [0.717, 1.165) is 52.0 Å². The summed E-state index contributed by atoms with van der Waals surface area (Å²) in [5, 5.41) is 3.76. The highest BCUT2D eigenvalue weighted by Crippen LogP contribution is 2.20. The van der Waals surface area contributed by atoms with Gasteiger partial charge in [-0.2, -0.15) is 0 Å². The Kier molecular flexibility index (Phi) is 5.13. The predicted octanol–water partition coefficient (Wildman–Crippen LogP) is 2.75. The molecule has 26 heavy (non-hydrogen) atoms. The van der Waals surface area contributed by atoms with Gasteiger partial charge in [-0.25, -0.2) is 4.39 Å². The summed E-state index contributed by atoms with van der Waals surface area (Å²) in [6.45, 7) is 3.74. The van der Waals surface area contributed by atoms with E-state index in [4.69, 9.17) is 4.74 Å². The third-order valence-electron chi connectivity index (χ3n) is 5.48. The molecule has 0 unspecified atom stereocenters. The average Bonchev–Trinajstić information content (AvgIpc) is 2.68. The molecule has 1 N–H and O–H groups in total. The molecule has 2 aliphatic heterocycles. The monoisotopic (exact) mass is 357 g/mol. The van der Waals surface area contributed by atoms with E-state index in [9.17, 15) is 9.18 Å². The summed E-state index contributed by atoms with van der Waals surface area (Å²) < 4.78 is 18.8. The summed E-state index contributed by atoms with van der Waals surface area (Å²) in [6, 6.07) is 6.92. The number of piperidine rings is 1. The van der Waals surface area contributed by atoms with Crippen LogP contribution in [0.5, 0.6) is 0 Å². The molecule has 0 radical (unpaired) electrons. The standard InChI is InChI=1S/C20H24FN3O2/c21-16-1-2-19-14(12-16)11-15(13-22-19)20(25)23-17-3-7-24(8-4-17)18-5-9-26-10-6-18/h1-2,11-13,17-18H,3-10H2,(H,23,25). The molecule has 1 aromatic carbocycles. The largest absolute Gasteiger partial charge is 0.381 e. The summed E-state index contributed by atoms with van der Waals surface area (Å²) in [5.41, 5.74) is 1.17. The topological polar surface area (TPSA) is 54.5 Å². The first-order chi connectivity index (χ1) is 12.7. The molecule has 2 aliphatic rings. The van der Waals surface area contributed by atoms with Gasteiger partial charge in [-0.15, -0.1) is 0 Å². The van der Waals surface area contributed by atoms with E-state index in [0.29, 0.717) is 22.5 Å². The Labute approximate surface area is 152 Å². The van der Waals surface area contributed by atoms with Crippen LogP contribution in [0.15, 0.2) is 30.5 Å². The molecule has 5 nitrogen and oxygen atoms in total. The van der Waals surface area contributed by atoms with Gasteiger partial charge < -0.3 is 15.0 Å². The zero-order valence-electron chi connectivity index (χ0n) is 14.8. The highest BCUT2D eigenvalue weighted by atomic mass is 19.1. The zero-order valence-corrected chi connectivity index (χ0v) is 14.8. The number of amides is 1. The highest BCUT2D eigenvalue weighted by Gasteiger charge is 2.27. The first kappa shape index (κ1) is 17.4. The van der Waals surface area contributed by atoms with E-state index in [-0.39, 0.29) is 17.8 Å². The summed E-state index contributed by atoms with van der Waals surface area (Å²) in [4.78, 5) is 19.3. The van der Waals surface area contributed by atoms with Crippen LogP contribution in [0.4, 0.5) is 4.39 Å². The number of fused-ring (bicyclic) bond motifs is 1. The van der Waals surface area contributed by atoms with Gasteiger partial charge in [0.15, 0.2) is 0 Å². The van der Waals surface area contributed by atoms with Crippen LogP contribution in [0.2, 0.25) is 0 Å². The molecule has 0 bridgehead atoms. The van der Waals surface area contributed by atoms with Crippen molar-refractivity contribution in [2.45, 2.75) is 37.8 Å². The summed E-state index contributed by atoms with van der Waals surface area (Å²) in [7, 11) is 0. The first-order valence-electron chi connectivity index (χ1n) is 9.37. The summed E-state index contributed by atoms with van der Waals surface area (Å²) >= 11 is 0.